The lowest BCUT2D eigenvalue weighted by molar-refractivity contribution is 0.195. The Balaban J connectivity index is 2.46. The zero-order valence-corrected chi connectivity index (χ0v) is 12.7. The molecule has 0 amide bonds. The number of hydrogen-bond acceptors (Lipinski definition) is 2. The van der Waals surface area contributed by atoms with Crippen LogP contribution in [0, 0.1) is 12.7 Å². The van der Waals surface area contributed by atoms with Crippen LogP contribution in [0.2, 0.25) is 5.02 Å². The molecule has 2 rings (SSSR count). The van der Waals surface area contributed by atoms with E-state index >= 15 is 0 Å². The summed E-state index contributed by atoms with van der Waals surface area (Å²) in [5, 5.41) is 10.3. The third-order valence-corrected chi connectivity index (χ3v) is 4.31. The minimum Gasteiger partial charge on any atom is -0.395 e. The van der Waals surface area contributed by atoms with E-state index in [1.165, 1.54) is 12.1 Å². The molecule has 0 heterocycles. The molecule has 0 aliphatic heterocycles. The molecule has 0 fully saturated rings. The largest absolute Gasteiger partial charge is 0.395 e. The summed E-state index contributed by atoms with van der Waals surface area (Å²) < 4.78 is 13.2. The van der Waals surface area contributed by atoms with E-state index in [4.69, 9.17) is 17.3 Å². The molecule has 0 spiro atoms. The van der Waals surface area contributed by atoms with Gasteiger partial charge < -0.3 is 10.8 Å². The molecule has 2 nitrogen and oxygen atoms in total. The van der Waals surface area contributed by atoms with Crippen LogP contribution in [0.5, 0.6) is 0 Å². The summed E-state index contributed by atoms with van der Waals surface area (Å²) in [4.78, 5) is 0. The topological polar surface area (TPSA) is 46.2 Å². The predicted molar refractivity (Wildman–Crippen MR) is 84.1 cm³/mol. The predicted octanol–water partition coefficient (Wildman–Crippen LogP) is 3.22. The van der Waals surface area contributed by atoms with Gasteiger partial charge in [0.15, 0.2) is 0 Å². The Hall–Kier alpha value is -1.42. The van der Waals surface area contributed by atoms with Crippen molar-refractivity contribution in [1.29, 1.82) is 0 Å². The molecule has 0 aliphatic carbocycles. The first-order chi connectivity index (χ1) is 10.0. The minimum atomic E-state index is -0.618. The highest BCUT2D eigenvalue weighted by Gasteiger charge is 2.32. The van der Waals surface area contributed by atoms with Gasteiger partial charge in [-0.1, -0.05) is 41.9 Å². The van der Waals surface area contributed by atoms with Crippen LogP contribution >= 0.6 is 11.6 Å². The van der Waals surface area contributed by atoms with Crippen molar-refractivity contribution in [3.05, 3.63) is 70.0 Å². The summed E-state index contributed by atoms with van der Waals surface area (Å²) in [5.74, 6) is -0.373. The van der Waals surface area contributed by atoms with Crippen LogP contribution < -0.4 is 5.73 Å². The van der Waals surface area contributed by atoms with Crippen LogP contribution in [0.1, 0.15) is 16.7 Å². The molecule has 1 unspecified atom stereocenters. The molecule has 4 heteroatoms. The Labute approximate surface area is 129 Å². The maximum Gasteiger partial charge on any atom is 0.124 e. The first kappa shape index (κ1) is 16.0. The SMILES string of the molecule is Cc1ccccc1C(CN)(CO)Cc1ccc(F)cc1Cl. The first-order valence-corrected chi connectivity index (χ1v) is 7.21. The van der Waals surface area contributed by atoms with Gasteiger partial charge in [-0.15, -0.1) is 0 Å². The van der Waals surface area contributed by atoms with Gasteiger partial charge in [-0.2, -0.15) is 0 Å². The van der Waals surface area contributed by atoms with E-state index in [0.717, 1.165) is 16.7 Å². The standard InChI is InChI=1S/C17H19ClFNO/c1-12-4-2-3-5-15(12)17(10-20,11-21)9-13-6-7-14(19)8-16(13)18/h2-8,21H,9-11,20H2,1H3. The van der Waals surface area contributed by atoms with Crippen molar-refractivity contribution in [1.82, 2.24) is 0 Å². The van der Waals surface area contributed by atoms with E-state index in [-0.39, 0.29) is 19.0 Å². The van der Waals surface area contributed by atoms with Crippen LogP contribution in [0.3, 0.4) is 0 Å². The van der Waals surface area contributed by atoms with E-state index < -0.39 is 5.41 Å². The Morgan fingerprint density at radius 3 is 2.52 bits per heavy atom. The quantitative estimate of drug-likeness (QED) is 0.891. The molecule has 1 atom stereocenters. The van der Waals surface area contributed by atoms with Gasteiger partial charge in [0.25, 0.3) is 0 Å². The number of halogens is 2. The van der Waals surface area contributed by atoms with Crippen molar-refractivity contribution < 1.29 is 9.50 Å². The highest BCUT2D eigenvalue weighted by atomic mass is 35.5. The third kappa shape index (κ3) is 3.26. The maximum atomic E-state index is 13.2. The third-order valence-electron chi connectivity index (χ3n) is 3.95. The van der Waals surface area contributed by atoms with Gasteiger partial charge in [0.1, 0.15) is 5.82 Å². The second kappa shape index (κ2) is 6.56. The fraction of sp³-hybridized carbons (Fsp3) is 0.294. The zero-order chi connectivity index (χ0) is 15.5. The Morgan fingerprint density at radius 2 is 1.95 bits per heavy atom. The van der Waals surface area contributed by atoms with Gasteiger partial charge in [0.05, 0.1) is 6.61 Å². The van der Waals surface area contributed by atoms with Crippen molar-refractivity contribution in [3.63, 3.8) is 0 Å². The number of rotatable bonds is 5. The molecule has 112 valence electrons. The maximum absolute atomic E-state index is 13.2. The molecule has 2 aromatic carbocycles. The van der Waals surface area contributed by atoms with E-state index in [0.29, 0.717) is 11.4 Å². The van der Waals surface area contributed by atoms with Crippen molar-refractivity contribution in [2.75, 3.05) is 13.2 Å². The second-order valence-electron chi connectivity index (χ2n) is 5.37. The summed E-state index contributed by atoms with van der Waals surface area (Å²) in [7, 11) is 0. The van der Waals surface area contributed by atoms with Crippen molar-refractivity contribution in [2.24, 2.45) is 5.73 Å². The summed E-state index contributed by atoms with van der Waals surface area (Å²) >= 11 is 6.11. The lowest BCUT2D eigenvalue weighted by Gasteiger charge is -2.33. The lowest BCUT2D eigenvalue weighted by atomic mass is 9.74. The fourth-order valence-corrected chi connectivity index (χ4v) is 2.91. The molecule has 0 aliphatic rings. The molecule has 21 heavy (non-hydrogen) atoms. The van der Waals surface area contributed by atoms with E-state index in [2.05, 4.69) is 0 Å². The van der Waals surface area contributed by atoms with E-state index in [1.54, 1.807) is 6.07 Å². The smallest absolute Gasteiger partial charge is 0.124 e. The molecule has 2 aromatic rings. The van der Waals surface area contributed by atoms with Gasteiger partial charge >= 0.3 is 0 Å². The number of aryl methyl sites for hydroxylation is 1. The normalized spacial score (nSPS) is 14.0. The van der Waals surface area contributed by atoms with Crippen molar-refractivity contribution in [3.8, 4) is 0 Å². The summed E-state index contributed by atoms with van der Waals surface area (Å²) in [6.07, 6.45) is 0.462. The minimum absolute atomic E-state index is 0.0952. The van der Waals surface area contributed by atoms with Crippen LogP contribution in [-0.4, -0.2) is 18.3 Å². The highest BCUT2D eigenvalue weighted by molar-refractivity contribution is 6.31. The van der Waals surface area contributed by atoms with Gasteiger partial charge in [-0.05, 0) is 42.2 Å². The lowest BCUT2D eigenvalue weighted by Crippen LogP contribution is -2.41. The Bertz CT molecular complexity index is 626. The molecular weight excluding hydrogens is 289 g/mol. The van der Waals surface area contributed by atoms with Crippen molar-refractivity contribution in [2.45, 2.75) is 18.8 Å². The zero-order valence-electron chi connectivity index (χ0n) is 11.9. The van der Waals surface area contributed by atoms with Gasteiger partial charge in [0.2, 0.25) is 0 Å². The van der Waals surface area contributed by atoms with Crippen LogP contribution in [-0.2, 0) is 11.8 Å². The van der Waals surface area contributed by atoms with E-state index in [1.807, 2.05) is 31.2 Å². The molecule has 0 bridgehead atoms. The molecule has 0 aromatic heterocycles. The average Bonchev–Trinajstić information content (AvgIpc) is 2.48. The van der Waals surface area contributed by atoms with Gasteiger partial charge in [0, 0.05) is 17.0 Å². The van der Waals surface area contributed by atoms with Crippen LogP contribution in [0.15, 0.2) is 42.5 Å². The number of aliphatic hydroxyl groups excluding tert-OH is 1. The van der Waals surface area contributed by atoms with Crippen LogP contribution in [0.25, 0.3) is 0 Å². The molecular formula is C17H19ClFNO. The molecule has 0 saturated heterocycles. The van der Waals surface area contributed by atoms with Gasteiger partial charge in [-0.25, -0.2) is 4.39 Å². The molecule has 0 saturated carbocycles. The van der Waals surface area contributed by atoms with E-state index in [9.17, 15) is 9.50 Å². The number of aliphatic hydroxyl groups is 1. The number of nitrogens with two attached hydrogens (primary N) is 1. The first-order valence-electron chi connectivity index (χ1n) is 6.83. The summed E-state index contributed by atoms with van der Waals surface area (Å²) in [6, 6.07) is 12.1. The Morgan fingerprint density at radius 1 is 1.24 bits per heavy atom. The highest BCUT2D eigenvalue weighted by Crippen LogP contribution is 2.32. The molecule has 0 radical (unpaired) electrons. The van der Waals surface area contributed by atoms with Gasteiger partial charge in [-0.3, -0.25) is 0 Å². The monoisotopic (exact) mass is 307 g/mol. The summed E-state index contributed by atoms with van der Waals surface area (Å²) in [6.45, 7) is 2.17. The average molecular weight is 308 g/mol. The fourth-order valence-electron chi connectivity index (χ4n) is 2.68. The van der Waals surface area contributed by atoms with Crippen molar-refractivity contribution >= 4 is 11.6 Å². The summed E-state index contributed by atoms with van der Waals surface area (Å²) in [5.41, 5.74) is 8.19. The Kier molecular flexibility index (Phi) is 4.99. The number of benzene rings is 2. The molecule has 3 N–H and O–H groups in total. The number of hydrogen-bond donors (Lipinski definition) is 2. The van der Waals surface area contributed by atoms with Crippen LogP contribution in [0.4, 0.5) is 4.39 Å². The second-order valence-corrected chi connectivity index (χ2v) is 5.78.